The highest BCUT2D eigenvalue weighted by molar-refractivity contribution is 6.30. The van der Waals surface area contributed by atoms with E-state index in [1.807, 2.05) is 36.4 Å². The van der Waals surface area contributed by atoms with Gasteiger partial charge < -0.3 is 4.74 Å². The molecule has 0 N–H and O–H groups in total. The Hall–Kier alpha value is -2.91. The van der Waals surface area contributed by atoms with Crippen molar-refractivity contribution in [1.29, 1.82) is 0 Å². The van der Waals surface area contributed by atoms with Gasteiger partial charge in [-0.25, -0.2) is 0 Å². The smallest absolute Gasteiger partial charge is 0.307 e. The molecule has 0 radical (unpaired) electrons. The fourth-order valence-electron chi connectivity index (χ4n) is 2.75. The fourth-order valence-corrected chi connectivity index (χ4v) is 2.87. The Morgan fingerprint density at radius 2 is 1.41 bits per heavy atom. The molecule has 1 atom stereocenters. The molecule has 0 saturated heterocycles. The van der Waals surface area contributed by atoms with Crippen LogP contribution in [-0.4, -0.2) is 11.8 Å². The highest BCUT2D eigenvalue weighted by Crippen LogP contribution is 2.25. The summed E-state index contributed by atoms with van der Waals surface area (Å²) in [5, 5.41) is 0.556. The Morgan fingerprint density at radius 1 is 0.815 bits per heavy atom. The molecule has 0 aliphatic rings. The molecule has 0 heterocycles. The van der Waals surface area contributed by atoms with Crippen LogP contribution in [0.25, 0.3) is 0 Å². The van der Waals surface area contributed by atoms with Crippen molar-refractivity contribution in [3.8, 4) is 0 Å². The van der Waals surface area contributed by atoms with Gasteiger partial charge in [0.15, 0.2) is 6.10 Å². The van der Waals surface area contributed by atoms with E-state index >= 15 is 0 Å². The monoisotopic (exact) mass is 378 g/mol. The van der Waals surface area contributed by atoms with Gasteiger partial charge in [-0.15, -0.1) is 0 Å². The fraction of sp³-hybridized carbons (Fsp3) is 0.130. The molecule has 0 bridgehead atoms. The lowest BCUT2D eigenvalue weighted by molar-refractivity contribution is -0.147. The quantitative estimate of drug-likeness (QED) is 0.406. The molecule has 0 aliphatic carbocycles. The molecule has 0 aromatic heterocycles. The minimum Gasteiger partial charge on any atom is -0.449 e. The second-order valence-corrected chi connectivity index (χ2v) is 6.57. The van der Waals surface area contributed by atoms with E-state index in [2.05, 4.69) is 0 Å². The lowest BCUT2D eigenvalue weighted by Gasteiger charge is -2.17. The number of rotatable bonds is 7. The largest absolute Gasteiger partial charge is 0.449 e. The van der Waals surface area contributed by atoms with Crippen LogP contribution in [0.1, 0.15) is 34.0 Å². The molecule has 3 aromatic carbocycles. The van der Waals surface area contributed by atoms with E-state index < -0.39 is 12.1 Å². The van der Waals surface area contributed by atoms with Gasteiger partial charge >= 0.3 is 5.97 Å². The lowest BCUT2D eigenvalue weighted by Crippen LogP contribution is -2.20. The van der Waals surface area contributed by atoms with E-state index in [-0.39, 0.29) is 12.2 Å². The van der Waals surface area contributed by atoms with E-state index in [0.717, 1.165) is 5.56 Å². The van der Waals surface area contributed by atoms with Crippen LogP contribution in [-0.2, 0) is 16.0 Å². The SMILES string of the molecule is O=C(CCc1ccccc1)OC(C(=O)c1ccccc1)c1ccc(Cl)cc1. The second kappa shape index (κ2) is 9.15. The molecule has 0 aliphatic heterocycles. The molecule has 136 valence electrons. The number of halogens is 1. The molecule has 3 aromatic rings. The van der Waals surface area contributed by atoms with E-state index in [9.17, 15) is 9.59 Å². The Kier molecular flexibility index (Phi) is 6.39. The van der Waals surface area contributed by atoms with Crippen molar-refractivity contribution in [2.75, 3.05) is 0 Å². The van der Waals surface area contributed by atoms with Crippen LogP contribution < -0.4 is 0 Å². The summed E-state index contributed by atoms with van der Waals surface area (Å²) in [6.45, 7) is 0. The third-order valence-corrected chi connectivity index (χ3v) is 4.43. The molecule has 0 amide bonds. The number of esters is 1. The first-order valence-electron chi connectivity index (χ1n) is 8.71. The predicted molar refractivity (Wildman–Crippen MR) is 106 cm³/mol. The Bertz CT molecular complexity index is 890. The van der Waals surface area contributed by atoms with E-state index in [4.69, 9.17) is 16.3 Å². The first-order valence-corrected chi connectivity index (χ1v) is 9.09. The van der Waals surface area contributed by atoms with Crippen LogP contribution in [0.15, 0.2) is 84.9 Å². The zero-order chi connectivity index (χ0) is 19.1. The van der Waals surface area contributed by atoms with Crippen molar-refractivity contribution in [1.82, 2.24) is 0 Å². The van der Waals surface area contributed by atoms with Crippen molar-refractivity contribution in [2.24, 2.45) is 0 Å². The number of Topliss-reactive ketones (excluding diaryl/α,β-unsaturated/α-hetero) is 1. The van der Waals surface area contributed by atoms with Crippen LogP contribution in [0.2, 0.25) is 5.02 Å². The maximum absolute atomic E-state index is 12.9. The van der Waals surface area contributed by atoms with Gasteiger partial charge in [0, 0.05) is 22.6 Å². The van der Waals surface area contributed by atoms with Crippen molar-refractivity contribution in [3.63, 3.8) is 0 Å². The summed E-state index contributed by atoms with van der Waals surface area (Å²) in [7, 11) is 0. The third-order valence-electron chi connectivity index (χ3n) is 4.18. The third kappa shape index (κ3) is 5.28. The van der Waals surface area contributed by atoms with Crippen molar-refractivity contribution in [2.45, 2.75) is 18.9 Å². The number of benzene rings is 3. The summed E-state index contributed by atoms with van der Waals surface area (Å²) in [6, 6.07) is 25.3. The van der Waals surface area contributed by atoms with Crippen LogP contribution in [0.4, 0.5) is 0 Å². The molecule has 4 heteroatoms. The zero-order valence-corrected chi connectivity index (χ0v) is 15.4. The predicted octanol–water partition coefficient (Wildman–Crippen LogP) is 5.44. The van der Waals surface area contributed by atoms with Gasteiger partial charge in [-0.2, -0.15) is 0 Å². The van der Waals surface area contributed by atoms with Gasteiger partial charge in [0.05, 0.1) is 0 Å². The standard InChI is InChI=1S/C23H19ClO3/c24-20-14-12-19(13-15-20)23(22(26)18-9-5-2-6-10-18)27-21(25)16-11-17-7-3-1-4-8-17/h1-10,12-15,23H,11,16H2. The summed E-state index contributed by atoms with van der Waals surface area (Å²) >= 11 is 5.94. The number of aryl methyl sites for hydroxylation is 1. The molecular weight excluding hydrogens is 360 g/mol. The highest BCUT2D eigenvalue weighted by atomic mass is 35.5. The van der Waals surface area contributed by atoms with Crippen LogP contribution in [0, 0.1) is 0 Å². The van der Waals surface area contributed by atoms with Crippen molar-refractivity contribution >= 4 is 23.4 Å². The number of ketones is 1. The van der Waals surface area contributed by atoms with Gasteiger partial charge in [-0.3, -0.25) is 9.59 Å². The molecule has 27 heavy (non-hydrogen) atoms. The summed E-state index contributed by atoms with van der Waals surface area (Å²) < 4.78 is 5.58. The second-order valence-electron chi connectivity index (χ2n) is 6.14. The first kappa shape index (κ1) is 18.9. The average Bonchev–Trinajstić information content (AvgIpc) is 2.72. The maximum Gasteiger partial charge on any atom is 0.307 e. The summed E-state index contributed by atoms with van der Waals surface area (Å²) in [6.07, 6.45) is -0.226. The molecule has 0 spiro atoms. The zero-order valence-electron chi connectivity index (χ0n) is 14.7. The van der Waals surface area contributed by atoms with Crippen molar-refractivity contribution < 1.29 is 14.3 Å². The number of ether oxygens (including phenoxy) is 1. The van der Waals surface area contributed by atoms with Gasteiger partial charge in [0.2, 0.25) is 5.78 Å². The molecule has 3 rings (SSSR count). The van der Waals surface area contributed by atoms with Gasteiger partial charge in [-0.1, -0.05) is 84.4 Å². The number of hydrogen-bond acceptors (Lipinski definition) is 3. The van der Waals surface area contributed by atoms with Crippen LogP contribution in [0.3, 0.4) is 0 Å². The number of hydrogen-bond donors (Lipinski definition) is 0. The minimum absolute atomic E-state index is 0.205. The van der Waals surface area contributed by atoms with Gasteiger partial charge in [0.1, 0.15) is 0 Å². The summed E-state index contributed by atoms with van der Waals surface area (Å²) in [5.41, 5.74) is 2.14. The molecule has 1 unspecified atom stereocenters. The Morgan fingerprint density at radius 3 is 2.04 bits per heavy atom. The Balaban J connectivity index is 1.76. The van der Waals surface area contributed by atoms with Gasteiger partial charge in [-0.05, 0) is 24.1 Å². The van der Waals surface area contributed by atoms with Crippen LogP contribution in [0.5, 0.6) is 0 Å². The average molecular weight is 379 g/mol. The highest BCUT2D eigenvalue weighted by Gasteiger charge is 2.26. The normalized spacial score (nSPS) is 11.6. The molecule has 3 nitrogen and oxygen atoms in total. The summed E-state index contributed by atoms with van der Waals surface area (Å²) in [5.74, 6) is -0.672. The summed E-state index contributed by atoms with van der Waals surface area (Å²) in [4.78, 5) is 25.3. The van der Waals surface area contributed by atoms with E-state index in [1.54, 1.807) is 48.5 Å². The van der Waals surface area contributed by atoms with Crippen LogP contribution >= 0.6 is 11.6 Å². The van der Waals surface area contributed by atoms with Crippen molar-refractivity contribution in [3.05, 3.63) is 107 Å². The number of carbonyl (C=O) groups excluding carboxylic acids is 2. The Labute approximate surface area is 163 Å². The molecule has 0 fully saturated rings. The lowest BCUT2D eigenvalue weighted by atomic mass is 9.99. The van der Waals surface area contributed by atoms with Gasteiger partial charge in [0.25, 0.3) is 0 Å². The maximum atomic E-state index is 12.9. The molecule has 0 saturated carbocycles. The first-order chi connectivity index (χ1) is 13.1. The minimum atomic E-state index is -0.993. The van der Waals surface area contributed by atoms with E-state index in [0.29, 0.717) is 22.6 Å². The number of carbonyl (C=O) groups is 2. The topological polar surface area (TPSA) is 43.4 Å². The molecular formula is C23H19ClO3. The van der Waals surface area contributed by atoms with E-state index in [1.165, 1.54) is 0 Å².